The van der Waals surface area contributed by atoms with E-state index in [4.69, 9.17) is 12.2 Å². The van der Waals surface area contributed by atoms with Gasteiger partial charge in [-0.2, -0.15) is 0 Å². The molecule has 0 radical (unpaired) electrons. The van der Waals surface area contributed by atoms with Crippen LogP contribution >= 0.6 is 12.2 Å². The Balaban J connectivity index is 2.29. The van der Waals surface area contributed by atoms with E-state index in [0.717, 1.165) is 0 Å². The number of hydrogen-bond acceptors (Lipinski definition) is 4. The van der Waals surface area contributed by atoms with E-state index in [1.54, 1.807) is 0 Å². The molecule has 1 saturated heterocycles. The predicted octanol–water partition coefficient (Wildman–Crippen LogP) is -0.0163. The molecule has 2 N–H and O–H groups in total. The Kier molecular flexibility index (Phi) is 2.55. The number of rotatable bonds is 1. The van der Waals surface area contributed by atoms with Gasteiger partial charge in [0.25, 0.3) is 0 Å². The first-order chi connectivity index (χ1) is 6.99. The fourth-order valence-electron chi connectivity index (χ4n) is 1.79. The van der Waals surface area contributed by atoms with E-state index in [1.807, 2.05) is 0 Å². The van der Waals surface area contributed by atoms with Crippen molar-refractivity contribution in [3.8, 4) is 0 Å². The third-order valence-electron chi connectivity index (χ3n) is 2.60. The van der Waals surface area contributed by atoms with Crippen molar-refractivity contribution in [1.82, 2.24) is 14.8 Å². The van der Waals surface area contributed by atoms with Crippen molar-refractivity contribution in [2.24, 2.45) is 0 Å². The number of nitrogens with one attached hydrogen (secondary N) is 2. The van der Waals surface area contributed by atoms with Gasteiger partial charge in [0.05, 0.1) is 11.5 Å². The first-order valence-electron chi connectivity index (χ1n) is 4.59. The normalized spacial score (nSPS) is 21.6. The lowest BCUT2D eigenvalue weighted by Crippen LogP contribution is -2.30. The van der Waals surface area contributed by atoms with Crippen LogP contribution in [0.2, 0.25) is 0 Å². The van der Waals surface area contributed by atoms with Crippen LogP contribution in [0, 0.1) is 4.77 Å². The average molecular weight is 249 g/mol. The van der Waals surface area contributed by atoms with Crippen molar-refractivity contribution in [2.45, 2.75) is 18.9 Å². The van der Waals surface area contributed by atoms with Gasteiger partial charge in [0.15, 0.2) is 4.77 Å². The Bertz CT molecular complexity index is 523. The standard InChI is InChI=1S/C7H11N3O3S2/c11-6-8-9-7(14)10(6)5-1-3-15(12,13)4-2-5/h5H,1-4H2,(H,8,11)(H,9,14). The number of aromatic amines is 2. The van der Waals surface area contributed by atoms with E-state index in [-0.39, 0.29) is 23.2 Å². The molecule has 2 heterocycles. The molecule has 0 amide bonds. The maximum atomic E-state index is 11.4. The van der Waals surface area contributed by atoms with Crippen LogP contribution < -0.4 is 5.69 Å². The minimum atomic E-state index is -2.90. The number of nitrogens with zero attached hydrogens (tertiary/aromatic N) is 1. The van der Waals surface area contributed by atoms with Gasteiger partial charge in [0, 0.05) is 6.04 Å². The van der Waals surface area contributed by atoms with Crippen molar-refractivity contribution >= 4 is 22.1 Å². The molecule has 6 nitrogen and oxygen atoms in total. The Morgan fingerprint density at radius 2 is 1.87 bits per heavy atom. The quantitative estimate of drug-likeness (QED) is 0.685. The van der Waals surface area contributed by atoms with Gasteiger partial charge in [-0.25, -0.2) is 18.3 Å². The SMILES string of the molecule is O=c1[nH][nH]c(=S)n1C1CCS(=O)(=O)CC1. The van der Waals surface area contributed by atoms with Crippen LogP contribution in [-0.2, 0) is 9.84 Å². The smallest absolute Gasteiger partial charge is 0.272 e. The minimum absolute atomic E-state index is 0.101. The summed E-state index contributed by atoms with van der Waals surface area (Å²) in [5.41, 5.74) is -0.302. The van der Waals surface area contributed by atoms with Crippen LogP contribution in [0.15, 0.2) is 4.79 Å². The van der Waals surface area contributed by atoms with Crippen molar-refractivity contribution < 1.29 is 8.42 Å². The highest BCUT2D eigenvalue weighted by Crippen LogP contribution is 2.22. The topological polar surface area (TPSA) is 87.7 Å². The zero-order valence-corrected chi connectivity index (χ0v) is 9.53. The molecule has 84 valence electrons. The Morgan fingerprint density at radius 3 is 2.33 bits per heavy atom. The summed E-state index contributed by atoms with van der Waals surface area (Å²) in [5.74, 6) is 0.258. The van der Waals surface area contributed by atoms with Crippen LogP contribution in [0.25, 0.3) is 0 Å². The van der Waals surface area contributed by atoms with Gasteiger partial charge in [-0.05, 0) is 25.1 Å². The number of sulfone groups is 1. The van der Waals surface area contributed by atoms with E-state index >= 15 is 0 Å². The molecule has 1 aliphatic heterocycles. The minimum Gasteiger partial charge on any atom is -0.272 e. The molecular formula is C7H11N3O3S2. The molecular weight excluding hydrogens is 238 g/mol. The molecule has 0 aliphatic carbocycles. The van der Waals surface area contributed by atoms with E-state index in [2.05, 4.69) is 10.2 Å². The zero-order chi connectivity index (χ0) is 11.1. The second-order valence-corrected chi connectivity index (χ2v) is 6.30. The van der Waals surface area contributed by atoms with Gasteiger partial charge in [0.1, 0.15) is 9.84 Å². The predicted molar refractivity (Wildman–Crippen MR) is 57.2 cm³/mol. The van der Waals surface area contributed by atoms with E-state index in [1.165, 1.54) is 4.57 Å². The maximum Gasteiger partial charge on any atom is 0.342 e. The largest absolute Gasteiger partial charge is 0.342 e. The molecule has 1 aromatic rings. The molecule has 1 aromatic heterocycles. The Labute approximate surface area is 91.2 Å². The van der Waals surface area contributed by atoms with Crippen LogP contribution in [0.4, 0.5) is 0 Å². The Morgan fingerprint density at radius 1 is 1.27 bits per heavy atom. The molecule has 0 atom stereocenters. The fourth-order valence-corrected chi connectivity index (χ4v) is 3.54. The summed E-state index contributed by atoms with van der Waals surface area (Å²) >= 11 is 4.94. The number of H-pyrrole nitrogens is 2. The lowest BCUT2D eigenvalue weighted by atomic mass is 10.1. The molecule has 0 bridgehead atoms. The van der Waals surface area contributed by atoms with Gasteiger partial charge in [0.2, 0.25) is 0 Å². The van der Waals surface area contributed by atoms with Crippen LogP contribution in [0.1, 0.15) is 18.9 Å². The van der Waals surface area contributed by atoms with Crippen LogP contribution in [0.3, 0.4) is 0 Å². The molecule has 0 aromatic carbocycles. The van der Waals surface area contributed by atoms with Gasteiger partial charge in [-0.15, -0.1) is 0 Å². The average Bonchev–Trinajstić information content (AvgIpc) is 2.48. The highest BCUT2D eigenvalue weighted by atomic mass is 32.2. The first kappa shape index (κ1) is 10.6. The summed E-state index contributed by atoms with van der Waals surface area (Å²) in [6, 6.07) is -0.101. The highest BCUT2D eigenvalue weighted by molar-refractivity contribution is 7.91. The van der Waals surface area contributed by atoms with Gasteiger partial charge >= 0.3 is 5.69 Å². The lowest BCUT2D eigenvalue weighted by Gasteiger charge is -2.21. The van der Waals surface area contributed by atoms with Crippen molar-refractivity contribution in [3.63, 3.8) is 0 Å². The van der Waals surface area contributed by atoms with E-state index in [9.17, 15) is 13.2 Å². The molecule has 2 rings (SSSR count). The summed E-state index contributed by atoms with van der Waals surface area (Å²) in [4.78, 5) is 11.4. The maximum absolute atomic E-state index is 11.4. The summed E-state index contributed by atoms with van der Waals surface area (Å²) in [6.07, 6.45) is 0.912. The fraction of sp³-hybridized carbons (Fsp3) is 0.714. The summed E-state index contributed by atoms with van der Waals surface area (Å²) in [7, 11) is -2.90. The third kappa shape index (κ3) is 2.05. The second-order valence-electron chi connectivity index (χ2n) is 3.61. The molecule has 0 spiro atoms. The second kappa shape index (κ2) is 3.60. The molecule has 1 fully saturated rings. The highest BCUT2D eigenvalue weighted by Gasteiger charge is 2.26. The third-order valence-corrected chi connectivity index (χ3v) is 4.62. The molecule has 8 heteroatoms. The van der Waals surface area contributed by atoms with E-state index < -0.39 is 9.84 Å². The van der Waals surface area contributed by atoms with Gasteiger partial charge < -0.3 is 0 Å². The first-order valence-corrected chi connectivity index (χ1v) is 6.82. The monoisotopic (exact) mass is 249 g/mol. The Hall–Kier alpha value is -0.890. The van der Waals surface area contributed by atoms with Crippen molar-refractivity contribution in [2.75, 3.05) is 11.5 Å². The molecule has 15 heavy (non-hydrogen) atoms. The summed E-state index contributed by atoms with van der Waals surface area (Å²) < 4.78 is 24.2. The molecule has 0 saturated carbocycles. The van der Waals surface area contributed by atoms with Crippen LogP contribution in [-0.4, -0.2) is 34.7 Å². The van der Waals surface area contributed by atoms with Crippen LogP contribution in [0.5, 0.6) is 0 Å². The molecule has 1 aliphatic rings. The number of hydrogen-bond donors (Lipinski definition) is 2. The van der Waals surface area contributed by atoms with Gasteiger partial charge in [-0.3, -0.25) is 9.67 Å². The van der Waals surface area contributed by atoms with Crippen molar-refractivity contribution in [1.29, 1.82) is 0 Å². The van der Waals surface area contributed by atoms with Crippen molar-refractivity contribution in [3.05, 3.63) is 15.3 Å². The zero-order valence-electron chi connectivity index (χ0n) is 7.89. The summed E-state index contributed by atoms with van der Waals surface area (Å²) in [6.45, 7) is 0. The van der Waals surface area contributed by atoms with E-state index in [0.29, 0.717) is 17.6 Å². The number of aromatic nitrogens is 3. The lowest BCUT2D eigenvalue weighted by molar-refractivity contribution is 0.436. The summed E-state index contributed by atoms with van der Waals surface area (Å²) in [5, 5.41) is 4.93. The van der Waals surface area contributed by atoms with Gasteiger partial charge in [-0.1, -0.05) is 0 Å². The molecule has 0 unspecified atom stereocenters.